The van der Waals surface area contributed by atoms with Crippen molar-refractivity contribution in [2.75, 3.05) is 5.32 Å². The molecule has 1 aromatic rings. The second-order valence-corrected chi connectivity index (χ2v) is 6.00. The van der Waals surface area contributed by atoms with E-state index in [-0.39, 0.29) is 0 Å². The Bertz CT molecular complexity index is 522. The topological polar surface area (TPSA) is 78.4 Å². The van der Waals surface area contributed by atoms with Gasteiger partial charge < -0.3 is 15.7 Å². The lowest BCUT2D eigenvalue weighted by atomic mass is 9.74. The molecule has 110 valence electrons. The Morgan fingerprint density at radius 3 is 2.25 bits per heavy atom. The van der Waals surface area contributed by atoms with Crippen LogP contribution in [0, 0.1) is 12.3 Å². The Morgan fingerprint density at radius 1 is 1.15 bits per heavy atom. The molecule has 5 heteroatoms. The highest BCUT2D eigenvalue weighted by Crippen LogP contribution is 2.30. The van der Waals surface area contributed by atoms with E-state index >= 15 is 0 Å². The zero-order valence-corrected chi connectivity index (χ0v) is 12.6. The molecule has 0 aliphatic rings. The smallest absolute Gasteiger partial charge is 0.319 e. The molecule has 0 radical (unpaired) electrons. The first-order chi connectivity index (χ1) is 9.06. The zero-order chi connectivity index (χ0) is 15.6. The molecule has 0 aromatic heterocycles. The number of carbonyl (C=O) groups is 2. The quantitative estimate of drug-likeness (QED) is 0.792. The van der Waals surface area contributed by atoms with Gasteiger partial charge in [-0.1, -0.05) is 12.1 Å². The third-order valence-corrected chi connectivity index (χ3v) is 3.80. The van der Waals surface area contributed by atoms with Gasteiger partial charge in [-0.2, -0.15) is 0 Å². The van der Waals surface area contributed by atoms with E-state index in [1.807, 2.05) is 25.1 Å². The molecule has 0 saturated heterocycles. The minimum absolute atomic E-state index is 0.421. The average molecular weight is 278 g/mol. The van der Waals surface area contributed by atoms with Crippen LogP contribution in [-0.4, -0.2) is 22.6 Å². The summed E-state index contributed by atoms with van der Waals surface area (Å²) >= 11 is 0. The second kappa shape index (κ2) is 5.53. The molecule has 20 heavy (non-hydrogen) atoms. The lowest BCUT2D eigenvalue weighted by Crippen LogP contribution is -2.57. The number of rotatable bonds is 4. The monoisotopic (exact) mass is 278 g/mol. The molecular formula is C15H22N2O3. The van der Waals surface area contributed by atoms with E-state index < -0.39 is 23.0 Å². The van der Waals surface area contributed by atoms with Crippen LogP contribution in [0.25, 0.3) is 0 Å². The summed E-state index contributed by atoms with van der Waals surface area (Å²) in [6.45, 7) is 8.49. The average Bonchev–Trinajstić information content (AvgIpc) is 2.27. The van der Waals surface area contributed by atoms with Gasteiger partial charge in [0.05, 0.1) is 11.0 Å². The molecule has 0 saturated carbocycles. The number of hydrogen-bond donors (Lipinski definition) is 3. The van der Waals surface area contributed by atoms with Crippen LogP contribution in [0.5, 0.6) is 0 Å². The number of amides is 2. The molecule has 0 bridgehead atoms. The summed E-state index contributed by atoms with van der Waals surface area (Å²) in [5.41, 5.74) is -0.275. The highest BCUT2D eigenvalue weighted by molar-refractivity contribution is 5.90. The van der Waals surface area contributed by atoms with Gasteiger partial charge in [0.2, 0.25) is 0 Å². The normalized spacial score (nSPS) is 11.8. The van der Waals surface area contributed by atoms with Crippen molar-refractivity contribution in [1.82, 2.24) is 5.32 Å². The first-order valence-electron chi connectivity index (χ1n) is 6.45. The Balaban J connectivity index is 2.78. The number of anilines is 1. The molecule has 0 aliphatic heterocycles. The predicted molar refractivity (Wildman–Crippen MR) is 78.8 cm³/mol. The zero-order valence-electron chi connectivity index (χ0n) is 12.6. The van der Waals surface area contributed by atoms with Gasteiger partial charge in [-0.25, -0.2) is 4.79 Å². The van der Waals surface area contributed by atoms with Crippen LogP contribution in [0.2, 0.25) is 0 Å². The number of hydrogen-bond acceptors (Lipinski definition) is 2. The van der Waals surface area contributed by atoms with Crippen LogP contribution in [0.15, 0.2) is 24.3 Å². The maximum absolute atomic E-state index is 12.0. The van der Waals surface area contributed by atoms with E-state index in [2.05, 4.69) is 10.6 Å². The number of nitrogens with one attached hydrogen (secondary N) is 2. The van der Waals surface area contributed by atoms with Crippen molar-refractivity contribution >= 4 is 17.7 Å². The van der Waals surface area contributed by atoms with Gasteiger partial charge in [0.15, 0.2) is 0 Å². The van der Waals surface area contributed by atoms with Gasteiger partial charge in [0, 0.05) is 5.69 Å². The molecule has 3 N–H and O–H groups in total. The number of carboxylic acid groups (broad SMARTS) is 1. The maximum Gasteiger partial charge on any atom is 0.319 e. The molecule has 0 heterocycles. The van der Waals surface area contributed by atoms with Crippen molar-refractivity contribution < 1.29 is 14.7 Å². The van der Waals surface area contributed by atoms with Crippen LogP contribution in [-0.2, 0) is 4.79 Å². The van der Waals surface area contributed by atoms with Crippen molar-refractivity contribution in [3.63, 3.8) is 0 Å². The standard InChI is InChI=1S/C15H22N2O3/c1-10-7-6-8-11(9-10)16-13(20)17-15(4,5)14(2,3)12(18)19/h6-9H,1-5H3,(H,18,19)(H2,16,17,20). The van der Waals surface area contributed by atoms with Crippen LogP contribution >= 0.6 is 0 Å². The van der Waals surface area contributed by atoms with Crippen LogP contribution in [0.1, 0.15) is 33.3 Å². The lowest BCUT2D eigenvalue weighted by molar-refractivity contribution is -0.150. The largest absolute Gasteiger partial charge is 0.481 e. The Labute approximate surface area is 119 Å². The molecule has 0 unspecified atom stereocenters. The molecule has 0 fully saturated rings. The van der Waals surface area contributed by atoms with Crippen molar-refractivity contribution in [3.05, 3.63) is 29.8 Å². The van der Waals surface area contributed by atoms with E-state index in [0.717, 1.165) is 5.56 Å². The minimum atomic E-state index is -1.09. The fourth-order valence-electron chi connectivity index (χ4n) is 1.59. The Hall–Kier alpha value is -2.04. The number of benzene rings is 1. The van der Waals surface area contributed by atoms with Gasteiger partial charge in [-0.05, 0) is 52.3 Å². The summed E-state index contributed by atoms with van der Waals surface area (Å²) in [6.07, 6.45) is 0. The third kappa shape index (κ3) is 3.50. The molecule has 1 aromatic carbocycles. The van der Waals surface area contributed by atoms with E-state index in [9.17, 15) is 14.7 Å². The number of carbonyl (C=O) groups excluding carboxylic acids is 1. The van der Waals surface area contributed by atoms with E-state index in [4.69, 9.17) is 0 Å². The summed E-state index contributed by atoms with van der Waals surface area (Å²) in [7, 11) is 0. The first-order valence-corrected chi connectivity index (χ1v) is 6.45. The van der Waals surface area contributed by atoms with Crippen molar-refractivity contribution in [3.8, 4) is 0 Å². The van der Waals surface area contributed by atoms with Gasteiger partial charge in [-0.15, -0.1) is 0 Å². The van der Waals surface area contributed by atoms with Crippen molar-refractivity contribution in [2.45, 2.75) is 40.2 Å². The molecule has 1 rings (SSSR count). The fraction of sp³-hybridized carbons (Fsp3) is 0.467. The van der Waals surface area contributed by atoms with Crippen LogP contribution < -0.4 is 10.6 Å². The van der Waals surface area contributed by atoms with Crippen molar-refractivity contribution in [2.24, 2.45) is 5.41 Å². The second-order valence-electron chi connectivity index (χ2n) is 6.00. The summed E-state index contributed by atoms with van der Waals surface area (Å²) in [4.78, 5) is 23.3. The summed E-state index contributed by atoms with van der Waals surface area (Å²) in [6, 6.07) is 6.98. The highest BCUT2D eigenvalue weighted by Gasteiger charge is 2.44. The molecule has 5 nitrogen and oxygen atoms in total. The van der Waals surface area contributed by atoms with Gasteiger partial charge in [0.25, 0.3) is 0 Å². The molecule has 2 amide bonds. The highest BCUT2D eigenvalue weighted by atomic mass is 16.4. The summed E-state index contributed by atoms with van der Waals surface area (Å²) in [5.74, 6) is -0.960. The van der Waals surface area contributed by atoms with Crippen LogP contribution in [0.3, 0.4) is 0 Å². The Kier molecular flexibility index (Phi) is 4.43. The Morgan fingerprint density at radius 2 is 1.75 bits per heavy atom. The third-order valence-electron chi connectivity index (χ3n) is 3.80. The van der Waals surface area contributed by atoms with E-state index in [0.29, 0.717) is 5.69 Å². The predicted octanol–water partition coefficient (Wildman–Crippen LogP) is 3.01. The number of urea groups is 1. The maximum atomic E-state index is 12.0. The fourth-order valence-corrected chi connectivity index (χ4v) is 1.59. The van der Waals surface area contributed by atoms with E-state index in [1.165, 1.54) is 0 Å². The van der Waals surface area contributed by atoms with Gasteiger partial charge >= 0.3 is 12.0 Å². The van der Waals surface area contributed by atoms with Gasteiger partial charge in [0.1, 0.15) is 0 Å². The number of carboxylic acids is 1. The number of aryl methyl sites for hydroxylation is 1. The van der Waals surface area contributed by atoms with Crippen LogP contribution in [0.4, 0.5) is 10.5 Å². The molecular weight excluding hydrogens is 256 g/mol. The number of aliphatic carboxylic acids is 1. The lowest BCUT2D eigenvalue weighted by Gasteiger charge is -2.38. The summed E-state index contributed by atoms with van der Waals surface area (Å²) in [5, 5.41) is 14.7. The summed E-state index contributed by atoms with van der Waals surface area (Å²) < 4.78 is 0. The minimum Gasteiger partial charge on any atom is -0.481 e. The van der Waals surface area contributed by atoms with E-state index in [1.54, 1.807) is 33.8 Å². The molecule has 0 aliphatic carbocycles. The molecule has 0 spiro atoms. The molecule has 0 atom stereocenters. The van der Waals surface area contributed by atoms with Crippen molar-refractivity contribution in [1.29, 1.82) is 0 Å². The van der Waals surface area contributed by atoms with Gasteiger partial charge in [-0.3, -0.25) is 4.79 Å². The first kappa shape index (κ1) is 16.0. The SMILES string of the molecule is Cc1cccc(NC(=O)NC(C)(C)C(C)(C)C(=O)O)c1.